The molecule has 0 spiro atoms. The van der Waals surface area contributed by atoms with Crippen molar-refractivity contribution < 1.29 is 19.8 Å². The maximum Gasteiger partial charge on any atom is 0.348 e. The van der Waals surface area contributed by atoms with E-state index in [1.807, 2.05) is 13.0 Å². The fraction of sp³-hybridized carbons (Fsp3) is 0.750. The SMILES string of the molecule is CCCC(CC)C(=O)N(CCCC(C)O)c1cc(C2CCC(C)CC2)sc1C(=O)O. The first kappa shape index (κ1) is 24.9. The number of anilines is 1. The van der Waals surface area contributed by atoms with Crippen molar-refractivity contribution in [1.82, 2.24) is 0 Å². The fourth-order valence-electron chi connectivity index (χ4n) is 4.46. The largest absolute Gasteiger partial charge is 0.477 e. The van der Waals surface area contributed by atoms with E-state index >= 15 is 0 Å². The number of thiophene rings is 1. The molecule has 2 atom stereocenters. The minimum absolute atomic E-state index is 0.0223. The Labute approximate surface area is 185 Å². The van der Waals surface area contributed by atoms with Crippen LogP contribution < -0.4 is 4.90 Å². The molecule has 0 saturated heterocycles. The summed E-state index contributed by atoms with van der Waals surface area (Å²) >= 11 is 1.35. The van der Waals surface area contributed by atoms with Crippen molar-refractivity contribution in [3.8, 4) is 0 Å². The first-order chi connectivity index (χ1) is 14.3. The maximum atomic E-state index is 13.4. The quantitative estimate of drug-likeness (QED) is 0.441. The molecule has 30 heavy (non-hydrogen) atoms. The van der Waals surface area contributed by atoms with Crippen LogP contribution in [0.1, 0.15) is 106 Å². The molecule has 170 valence electrons. The van der Waals surface area contributed by atoms with E-state index in [4.69, 9.17) is 0 Å². The van der Waals surface area contributed by atoms with Crippen molar-refractivity contribution in [2.24, 2.45) is 11.8 Å². The van der Waals surface area contributed by atoms with Gasteiger partial charge in [-0.3, -0.25) is 4.79 Å². The smallest absolute Gasteiger partial charge is 0.348 e. The van der Waals surface area contributed by atoms with Gasteiger partial charge in [-0.1, -0.05) is 40.0 Å². The van der Waals surface area contributed by atoms with Gasteiger partial charge in [0.25, 0.3) is 0 Å². The molecule has 5 nitrogen and oxygen atoms in total. The molecule has 1 aromatic rings. The number of rotatable bonds is 11. The Kier molecular flexibility index (Phi) is 9.82. The van der Waals surface area contributed by atoms with Crippen LogP contribution in [0.15, 0.2) is 6.07 Å². The summed E-state index contributed by atoms with van der Waals surface area (Å²) in [6.07, 6.45) is 7.81. The van der Waals surface area contributed by atoms with Gasteiger partial charge < -0.3 is 15.1 Å². The number of hydrogen-bond donors (Lipinski definition) is 2. The predicted molar refractivity (Wildman–Crippen MR) is 124 cm³/mol. The van der Waals surface area contributed by atoms with Crippen molar-refractivity contribution in [1.29, 1.82) is 0 Å². The average molecular weight is 438 g/mol. The van der Waals surface area contributed by atoms with Crippen molar-refractivity contribution >= 4 is 28.9 Å². The Morgan fingerprint density at radius 3 is 2.40 bits per heavy atom. The summed E-state index contributed by atoms with van der Waals surface area (Å²) in [6, 6.07) is 1.98. The molecule has 0 bridgehead atoms. The summed E-state index contributed by atoms with van der Waals surface area (Å²) in [6.45, 7) is 8.56. The number of carboxylic acids is 1. The van der Waals surface area contributed by atoms with E-state index in [2.05, 4.69) is 13.8 Å². The Balaban J connectivity index is 2.36. The highest BCUT2D eigenvalue weighted by Gasteiger charge is 2.31. The normalized spacial score (nSPS) is 21.2. The van der Waals surface area contributed by atoms with Gasteiger partial charge >= 0.3 is 5.97 Å². The van der Waals surface area contributed by atoms with Crippen LogP contribution in [0, 0.1) is 11.8 Å². The number of nitrogens with zero attached hydrogens (tertiary/aromatic N) is 1. The van der Waals surface area contributed by atoms with Crippen LogP contribution >= 0.6 is 11.3 Å². The maximum absolute atomic E-state index is 13.4. The monoisotopic (exact) mass is 437 g/mol. The van der Waals surface area contributed by atoms with E-state index in [9.17, 15) is 19.8 Å². The Hall–Kier alpha value is -1.40. The van der Waals surface area contributed by atoms with Crippen LogP contribution in [0.5, 0.6) is 0 Å². The molecule has 1 saturated carbocycles. The van der Waals surface area contributed by atoms with E-state index in [1.54, 1.807) is 11.8 Å². The molecule has 0 radical (unpaired) electrons. The molecule has 1 aliphatic carbocycles. The molecule has 2 N–H and O–H groups in total. The zero-order valence-corrected chi connectivity index (χ0v) is 19.8. The van der Waals surface area contributed by atoms with E-state index < -0.39 is 12.1 Å². The van der Waals surface area contributed by atoms with Gasteiger partial charge in [-0.25, -0.2) is 4.79 Å². The van der Waals surface area contributed by atoms with Crippen molar-refractivity contribution in [2.75, 3.05) is 11.4 Å². The third-order valence-corrected chi connectivity index (χ3v) is 7.66. The zero-order valence-electron chi connectivity index (χ0n) is 19.0. The van der Waals surface area contributed by atoms with E-state index in [0.29, 0.717) is 31.0 Å². The van der Waals surface area contributed by atoms with Crippen LogP contribution in [-0.4, -0.2) is 34.7 Å². The topological polar surface area (TPSA) is 77.8 Å². The van der Waals surface area contributed by atoms with E-state index in [-0.39, 0.29) is 16.7 Å². The van der Waals surface area contributed by atoms with Crippen LogP contribution in [0.4, 0.5) is 5.69 Å². The fourth-order valence-corrected chi connectivity index (χ4v) is 5.63. The lowest BCUT2D eigenvalue weighted by Gasteiger charge is -2.27. The molecule has 0 aliphatic heterocycles. The summed E-state index contributed by atoms with van der Waals surface area (Å²) < 4.78 is 0. The summed E-state index contributed by atoms with van der Waals surface area (Å²) in [5, 5.41) is 19.6. The molecule has 1 aliphatic rings. The highest BCUT2D eigenvalue weighted by molar-refractivity contribution is 7.14. The molecule has 2 rings (SSSR count). The van der Waals surface area contributed by atoms with Gasteiger partial charge in [-0.2, -0.15) is 0 Å². The summed E-state index contributed by atoms with van der Waals surface area (Å²) in [7, 11) is 0. The number of aliphatic hydroxyl groups is 1. The van der Waals surface area contributed by atoms with Crippen LogP contribution in [0.2, 0.25) is 0 Å². The zero-order chi connectivity index (χ0) is 22.3. The second-order valence-corrected chi connectivity index (χ2v) is 10.1. The average Bonchev–Trinajstić information content (AvgIpc) is 3.14. The van der Waals surface area contributed by atoms with Crippen LogP contribution in [0.3, 0.4) is 0 Å². The highest BCUT2D eigenvalue weighted by atomic mass is 32.1. The van der Waals surface area contributed by atoms with Gasteiger partial charge in [-0.15, -0.1) is 11.3 Å². The number of aromatic carboxylic acids is 1. The second kappa shape index (κ2) is 11.8. The van der Waals surface area contributed by atoms with Crippen LogP contribution in [-0.2, 0) is 4.79 Å². The number of amides is 1. The molecular weight excluding hydrogens is 398 g/mol. The van der Waals surface area contributed by atoms with Gasteiger partial charge in [0.1, 0.15) is 4.88 Å². The van der Waals surface area contributed by atoms with Crippen LogP contribution in [0.25, 0.3) is 0 Å². The number of carbonyl (C=O) groups excluding carboxylic acids is 1. The third kappa shape index (κ3) is 6.55. The minimum Gasteiger partial charge on any atom is -0.477 e. The molecule has 0 aromatic carbocycles. The molecule has 1 heterocycles. The molecule has 6 heteroatoms. The summed E-state index contributed by atoms with van der Waals surface area (Å²) in [5.41, 5.74) is 0.561. The Morgan fingerprint density at radius 2 is 1.87 bits per heavy atom. The Morgan fingerprint density at radius 1 is 1.20 bits per heavy atom. The molecule has 1 aromatic heterocycles. The van der Waals surface area contributed by atoms with E-state index in [0.717, 1.165) is 42.9 Å². The second-order valence-electron chi connectivity index (χ2n) is 9.00. The Bertz CT molecular complexity index is 691. The lowest BCUT2D eigenvalue weighted by atomic mass is 9.82. The number of carbonyl (C=O) groups is 2. The lowest BCUT2D eigenvalue weighted by Crippen LogP contribution is -2.37. The first-order valence-electron chi connectivity index (χ1n) is 11.6. The van der Waals surface area contributed by atoms with Gasteiger partial charge in [0.2, 0.25) is 5.91 Å². The van der Waals surface area contributed by atoms with Gasteiger partial charge in [0, 0.05) is 17.3 Å². The van der Waals surface area contributed by atoms with Crippen molar-refractivity contribution in [3.63, 3.8) is 0 Å². The molecule has 1 fully saturated rings. The van der Waals surface area contributed by atoms with Gasteiger partial charge in [0.15, 0.2) is 0 Å². The van der Waals surface area contributed by atoms with Crippen molar-refractivity contribution in [2.45, 2.75) is 97.5 Å². The standard InChI is InChI=1S/C24H39NO4S/c1-5-8-18(6-2)23(27)25(14-7-9-17(4)26)20-15-21(30-22(20)24(28)29)19-12-10-16(3)11-13-19/h15-19,26H,5-14H2,1-4H3,(H,28,29). The minimum atomic E-state index is -0.956. The highest BCUT2D eigenvalue weighted by Crippen LogP contribution is 2.42. The summed E-state index contributed by atoms with van der Waals surface area (Å²) in [5.74, 6) is 0.0982. The first-order valence-corrected chi connectivity index (χ1v) is 12.5. The van der Waals surface area contributed by atoms with Crippen molar-refractivity contribution in [3.05, 3.63) is 15.8 Å². The van der Waals surface area contributed by atoms with E-state index in [1.165, 1.54) is 24.2 Å². The van der Waals surface area contributed by atoms with Gasteiger partial charge in [0.05, 0.1) is 11.8 Å². The molecular formula is C24H39NO4S. The number of carboxylic acid groups (broad SMARTS) is 1. The number of aliphatic hydroxyl groups excluding tert-OH is 1. The number of hydrogen-bond acceptors (Lipinski definition) is 4. The van der Waals surface area contributed by atoms with Gasteiger partial charge in [-0.05, 0) is 63.4 Å². The lowest BCUT2D eigenvalue weighted by molar-refractivity contribution is -0.122. The predicted octanol–water partition coefficient (Wildman–Crippen LogP) is 6.06. The summed E-state index contributed by atoms with van der Waals surface area (Å²) in [4.78, 5) is 28.6. The molecule has 1 amide bonds. The molecule has 2 unspecified atom stereocenters. The third-order valence-electron chi connectivity index (χ3n) is 6.38.